The number of nitrogens with two attached hydrogens (primary N) is 1. The summed E-state index contributed by atoms with van der Waals surface area (Å²) in [5.74, 6) is -5.16. The predicted octanol–water partition coefficient (Wildman–Crippen LogP) is 1.67. The van der Waals surface area contributed by atoms with Crippen LogP contribution in [-0.4, -0.2) is 12.5 Å². The molecule has 0 aliphatic carbocycles. The first-order chi connectivity index (χ1) is 6.93. The summed E-state index contributed by atoms with van der Waals surface area (Å²) in [7, 11) is 0. The van der Waals surface area contributed by atoms with Gasteiger partial charge in [0.15, 0.2) is 11.6 Å². The molecule has 15 heavy (non-hydrogen) atoms. The van der Waals surface area contributed by atoms with Gasteiger partial charge in [-0.3, -0.25) is 4.79 Å². The van der Waals surface area contributed by atoms with Crippen molar-refractivity contribution in [3.05, 3.63) is 29.3 Å². The van der Waals surface area contributed by atoms with Crippen molar-refractivity contribution in [1.82, 2.24) is 0 Å². The van der Waals surface area contributed by atoms with Crippen molar-refractivity contribution in [1.29, 1.82) is 0 Å². The van der Waals surface area contributed by atoms with E-state index >= 15 is 0 Å². The molecule has 0 saturated carbocycles. The first kappa shape index (κ1) is 11.3. The third kappa shape index (κ3) is 2.36. The number of hydrogen-bond acceptors (Lipinski definition) is 2. The maximum absolute atomic E-state index is 13.0. The van der Waals surface area contributed by atoms with E-state index in [0.29, 0.717) is 12.1 Å². The highest BCUT2D eigenvalue weighted by atomic mass is 19.3. The maximum atomic E-state index is 13.0. The van der Waals surface area contributed by atoms with Crippen molar-refractivity contribution in [2.45, 2.75) is 6.61 Å². The van der Waals surface area contributed by atoms with Crippen molar-refractivity contribution in [3.63, 3.8) is 0 Å². The Balaban J connectivity index is 3.27. The molecule has 1 rings (SSSR count). The second kappa shape index (κ2) is 4.16. The van der Waals surface area contributed by atoms with Gasteiger partial charge in [-0.2, -0.15) is 8.78 Å². The van der Waals surface area contributed by atoms with Crippen LogP contribution in [0.5, 0.6) is 5.75 Å². The molecule has 2 N–H and O–H groups in total. The molecule has 82 valence electrons. The predicted molar refractivity (Wildman–Crippen MR) is 41.5 cm³/mol. The van der Waals surface area contributed by atoms with E-state index in [9.17, 15) is 22.4 Å². The summed E-state index contributed by atoms with van der Waals surface area (Å²) in [5, 5.41) is 0. The summed E-state index contributed by atoms with van der Waals surface area (Å²) < 4.78 is 53.0. The van der Waals surface area contributed by atoms with Crippen LogP contribution >= 0.6 is 0 Å². The number of alkyl halides is 2. The second-order valence-electron chi connectivity index (χ2n) is 2.48. The molecule has 0 saturated heterocycles. The maximum Gasteiger partial charge on any atom is 0.387 e. The third-order valence-electron chi connectivity index (χ3n) is 1.52. The van der Waals surface area contributed by atoms with E-state index in [-0.39, 0.29) is 0 Å². The van der Waals surface area contributed by atoms with Crippen LogP contribution in [0, 0.1) is 11.6 Å². The Morgan fingerprint density at radius 1 is 1.33 bits per heavy atom. The summed E-state index contributed by atoms with van der Waals surface area (Å²) in [6.07, 6.45) is 0. The van der Waals surface area contributed by atoms with E-state index < -0.39 is 35.5 Å². The van der Waals surface area contributed by atoms with Gasteiger partial charge in [-0.25, -0.2) is 8.78 Å². The second-order valence-corrected chi connectivity index (χ2v) is 2.48. The quantitative estimate of drug-likeness (QED) is 0.792. The Bertz CT molecular complexity index is 394. The lowest BCUT2D eigenvalue weighted by atomic mass is 10.1. The highest BCUT2D eigenvalue weighted by Gasteiger charge is 2.21. The van der Waals surface area contributed by atoms with Crippen LogP contribution < -0.4 is 10.5 Å². The Hall–Kier alpha value is -1.79. The minimum Gasteiger partial charge on any atom is -0.434 e. The molecule has 0 atom stereocenters. The van der Waals surface area contributed by atoms with E-state index in [0.717, 1.165) is 0 Å². The molecule has 0 unspecified atom stereocenters. The molecule has 0 aliphatic heterocycles. The summed E-state index contributed by atoms with van der Waals surface area (Å²) in [6, 6.07) is 1.25. The van der Waals surface area contributed by atoms with Crippen LogP contribution in [0.3, 0.4) is 0 Å². The fourth-order valence-electron chi connectivity index (χ4n) is 0.957. The van der Waals surface area contributed by atoms with Gasteiger partial charge >= 0.3 is 6.61 Å². The van der Waals surface area contributed by atoms with Crippen molar-refractivity contribution < 1.29 is 27.1 Å². The zero-order valence-corrected chi connectivity index (χ0v) is 7.14. The molecule has 0 aromatic heterocycles. The number of halogens is 4. The number of amides is 1. The van der Waals surface area contributed by atoms with E-state index in [1.807, 2.05) is 0 Å². The van der Waals surface area contributed by atoms with Gasteiger partial charge in [0.25, 0.3) is 5.91 Å². The molecule has 1 aromatic rings. The zero-order chi connectivity index (χ0) is 11.6. The van der Waals surface area contributed by atoms with Gasteiger partial charge in [-0.1, -0.05) is 0 Å². The minimum absolute atomic E-state index is 0.555. The number of carbonyl (C=O) groups is 1. The van der Waals surface area contributed by atoms with Gasteiger partial charge in [0.05, 0.1) is 0 Å². The molecule has 1 aromatic carbocycles. The van der Waals surface area contributed by atoms with Gasteiger partial charge in [-0.05, 0) is 12.1 Å². The van der Waals surface area contributed by atoms with Crippen molar-refractivity contribution >= 4 is 5.91 Å². The van der Waals surface area contributed by atoms with Crippen LogP contribution in [0.2, 0.25) is 0 Å². The third-order valence-corrected chi connectivity index (χ3v) is 1.52. The van der Waals surface area contributed by atoms with Gasteiger partial charge in [-0.15, -0.1) is 0 Å². The van der Waals surface area contributed by atoms with E-state index in [1.165, 1.54) is 0 Å². The smallest absolute Gasteiger partial charge is 0.387 e. The first-order valence-electron chi connectivity index (χ1n) is 3.66. The van der Waals surface area contributed by atoms with Gasteiger partial charge in [0.1, 0.15) is 11.3 Å². The van der Waals surface area contributed by atoms with Crippen LogP contribution in [0.15, 0.2) is 12.1 Å². The molecule has 0 spiro atoms. The highest BCUT2D eigenvalue weighted by molar-refractivity contribution is 5.95. The average Bonchev–Trinajstić information content (AvgIpc) is 2.10. The molecule has 1 amide bonds. The molecule has 3 nitrogen and oxygen atoms in total. The monoisotopic (exact) mass is 223 g/mol. The molecule has 0 bridgehead atoms. The van der Waals surface area contributed by atoms with Gasteiger partial charge < -0.3 is 10.5 Å². The Kier molecular flexibility index (Phi) is 3.13. The number of hydrogen-bond donors (Lipinski definition) is 1. The number of rotatable bonds is 3. The largest absolute Gasteiger partial charge is 0.434 e. The molecule has 0 fully saturated rings. The first-order valence-corrected chi connectivity index (χ1v) is 3.66. The SMILES string of the molecule is NC(=O)c1c(OC(F)F)ccc(F)c1F. The van der Waals surface area contributed by atoms with Crippen molar-refractivity contribution in [2.75, 3.05) is 0 Å². The van der Waals surface area contributed by atoms with E-state index in [4.69, 9.17) is 0 Å². The van der Waals surface area contributed by atoms with Crippen molar-refractivity contribution in [2.24, 2.45) is 5.73 Å². The van der Waals surface area contributed by atoms with Crippen molar-refractivity contribution in [3.8, 4) is 5.75 Å². The summed E-state index contributed by atoms with van der Waals surface area (Å²) in [6.45, 7) is -3.26. The lowest BCUT2D eigenvalue weighted by Crippen LogP contribution is -2.17. The molecule has 0 aliphatic rings. The van der Waals surface area contributed by atoms with Crippen LogP contribution in [0.4, 0.5) is 17.6 Å². The molecular formula is C8H5F4NO2. The lowest BCUT2D eigenvalue weighted by molar-refractivity contribution is -0.0503. The van der Waals surface area contributed by atoms with Crippen LogP contribution in [-0.2, 0) is 0 Å². The van der Waals surface area contributed by atoms with Gasteiger partial charge in [0.2, 0.25) is 0 Å². The highest BCUT2D eigenvalue weighted by Crippen LogP contribution is 2.24. The molecule has 0 heterocycles. The Morgan fingerprint density at radius 3 is 2.40 bits per heavy atom. The summed E-state index contributed by atoms with van der Waals surface area (Å²) in [5.41, 5.74) is 3.66. The average molecular weight is 223 g/mol. The zero-order valence-electron chi connectivity index (χ0n) is 7.14. The normalized spacial score (nSPS) is 10.5. The number of carbonyl (C=O) groups excluding carboxylic acids is 1. The number of primary amides is 1. The Morgan fingerprint density at radius 2 is 1.93 bits per heavy atom. The standard InChI is InChI=1S/C8H5F4NO2/c9-3-1-2-4(15-8(11)12)5(6(3)10)7(13)14/h1-2,8H,(H2,13,14). The molecular weight excluding hydrogens is 218 g/mol. The van der Waals surface area contributed by atoms with Crippen LogP contribution in [0.1, 0.15) is 10.4 Å². The molecule has 7 heteroatoms. The number of benzene rings is 1. The lowest BCUT2D eigenvalue weighted by Gasteiger charge is -2.09. The van der Waals surface area contributed by atoms with Crippen LogP contribution in [0.25, 0.3) is 0 Å². The summed E-state index contributed by atoms with van der Waals surface area (Å²) in [4.78, 5) is 10.7. The fourth-order valence-corrected chi connectivity index (χ4v) is 0.957. The van der Waals surface area contributed by atoms with Gasteiger partial charge in [0, 0.05) is 0 Å². The number of ether oxygens (including phenoxy) is 1. The topological polar surface area (TPSA) is 52.3 Å². The minimum atomic E-state index is -3.26. The summed E-state index contributed by atoms with van der Waals surface area (Å²) >= 11 is 0. The van der Waals surface area contributed by atoms with E-state index in [2.05, 4.69) is 10.5 Å². The fraction of sp³-hybridized carbons (Fsp3) is 0.125. The Labute approximate surface area is 81.4 Å². The molecule has 0 radical (unpaired) electrons. The van der Waals surface area contributed by atoms with E-state index in [1.54, 1.807) is 0 Å².